The predicted molar refractivity (Wildman–Crippen MR) is 70.5 cm³/mol. The lowest BCUT2D eigenvalue weighted by atomic mass is 10.2. The van der Waals surface area contributed by atoms with Gasteiger partial charge in [-0.3, -0.25) is 0 Å². The van der Waals surface area contributed by atoms with Crippen molar-refractivity contribution in [2.45, 2.75) is 18.4 Å². The molecule has 0 saturated heterocycles. The fourth-order valence-corrected chi connectivity index (χ4v) is 2.41. The Morgan fingerprint density at radius 1 is 1.18 bits per heavy atom. The van der Waals surface area contributed by atoms with Gasteiger partial charge in [0.15, 0.2) is 0 Å². The van der Waals surface area contributed by atoms with E-state index in [0.29, 0.717) is 27.6 Å². The molecule has 2 aromatic rings. The van der Waals surface area contributed by atoms with Crippen LogP contribution < -0.4 is 0 Å². The molecule has 2 rings (SSSR count). The Morgan fingerprint density at radius 3 is 2.65 bits per heavy atom. The zero-order valence-corrected chi connectivity index (χ0v) is 11.4. The summed E-state index contributed by atoms with van der Waals surface area (Å²) < 4.78 is 5.27. The van der Waals surface area contributed by atoms with Crippen molar-refractivity contribution < 1.29 is 4.42 Å². The van der Waals surface area contributed by atoms with E-state index in [1.54, 1.807) is 24.8 Å². The molecule has 0 aliphatic carbocycles. The van der Waals surface area contributed by atoms with E-state index in [4.69, 9.17) is 27.6 Å². The second kappa shape index (κ2) is 5.76. The van der Waals surface area contributed by atoms with Gasteiger partial charge in [-0.25, -0.2) is 0 Å². The van der Waals surface area contributed by atoms with Gasteiger partial charge in [-0.15, -0.1) is 22.0 Å². The lowest BCUT2D eigenvalue weighted by Gasteiger charge is -2.01. The average molecular weight is 289 g/mol. The minimum Gasteiger partial charge on any atom is -0.425 e. The molecule has 1 heterocycles. The summed E-state index contributed by atoms with van der Waals surface area (Å²) in [6.45, 7) is 1.78. The molecule has 0 saturated carbocycles. The average Bonchev–Trinajstić information content (AvgIpc) is 2.70. The summed E-state index contributed by atoms with van der Waals surface area (Å²) in [6, 6.07) is 5.63. The summed E-state index contributed by atoms with van der Waals surface area (Å²) in [5, 5.41) is 8.85. The fourth-order valence-electron chi connectivity index (χ4n) is 1.28. The highest BCUT2D eigenvalue weighted by molar-refractivity contribution is 7.97. The van der Waals surface area contributed by atoms with Gasteiger partial charge in [0.2, 0.25) is 11.8 Å². The summed E-state index contributed by atoms with van der Waals surface area (Å²) in [4.78, 5) is 0. The Balaban J connectivity index is 1.87. The van der Waals surface area contributed by atoms with Crippen LogP contribution in [0.3, 0.4) is 0 Å². The van der Waals surface area contributed by atoms with E-state index >= 15 is 0 Å². The van der Waals surface area contributed by atoms with Crippen molar-refractivity contribution in [2.75, 3.05) is 0 Å². The van der Waals surface area contributed by atoms with Crippen molar-refractivity contribution in [3.05, 3.63) is 45.6 Å². The number of benzene rings is 1. The maximum atomic E-state index is 5.93. The number of aryl methyl sites for hydroxylation is 1. The van der Waals surface area contributed by atoms with Crippen molar-refractivity contribution in [3.63, 3.8) is 0 Å². The van der Waals surface area contributed by atoms with Gasteiger partial charge in [-0.05, 0) is 17.7 Å². The number of aromatic nitrogens is 2. The van der Waals surface area contributed by atoms with Crippen molar-refractivity contribution in [2.24, 2.45) is 0 Å². The molecule has 3 nitrogen and oxygen atoms in total. The number of hydrogen-bond acceptors (Lipinski definition) is 4. The number of nitrogens with zero attached hydrogens (tertiary/aromatic N) is 2. The van der Waals surface area contributed by atoms with Crippen molar-refractivity contribution >= 4 is 35.0 Å². The van der Waals surface area contributed by atoms with Crippen LogP contribution in [-0.4, -0.2) is 10.2 Å². The standard InChI is InChI=1S/C11H10Cl2N2OS/c1-7-14-15-11(16-7)6-17-5-8-2-3-9(12)10(13)4-8/h2-4H,5-6H2,1H3. The monoisotopic (exact) mass is 288 g/mol. The topological polar surface area (TPSA) is 38.9 Å². The van der Waals surface area contributed by atoms with Crippen LogP contribution in [-0.2, 0) is 11.5 Å². The Labute approximate surface area is 114 Å². The Bertz CT molecular complexity index is 516. The number of thioether (sulfide) groups is 1. The molecule has 0 fully saturated rings. The van der Waals surface area contributed by atoms with Gasteiger partial charge in [0.25, 0.3) is 0 Å². The molecular weight excluding hydrogens is 279 g/mol. The molecule has 6 heteroatoms. The highest BCUT2D eigenvalue weighted by atomic mass is 35.5. The molecule has 1 aromatic heterocycles. The van der Waals surface area contributed by atoms with Crippen LogP contribution in [0.4, 0.5) is 0 Å². The number of halogens is 2. The SMILES string of the molecule is Cc1nnc(CSCc2ccc(Cl)c(Cl)c2)o1. The van der Waals surface area contributed by atoms with Gasteiger partial charge >= 0.3 is 0 Å². The Kier molecular flexibility index (Phi) is 4.31. The molecule has 1 aromatic carbocycles. The summed E-state index contributed by atoms with van der Waals surface area (Å²) in [5.41, 5.74) is 1.13. The molecule has 0 aliphatic heterocycles. The minimum absolute atomic E-state index is 0.577. The number of hydrogen-bond donors (Lipinski definition) is 0. The molecule has 0 radical (unpaired) electrons. The third-order valence-electron chi connectivity index (χ3n) is 2.05. The molecule has 17 heavy (non-hydrogen) atoms. The fraction of sp³-hybridized carbons (Fsp3) is 0.273. The van der Waals surface area contributed by atoms with E-state index < -0.39 is 0 Å². The van der Waals surface area contributed by atoms with Gasteiger partial charge in [-0.1, -0.05) is 29.3 Å². The summed E-state index contributed by atoms with van der Waals surface area (Å²) in [7, 11) is 0. The zero-order valence-electron chi connectivity index (χ0n) is 9.11. The molecule has 0 aliphatic rings. The van der Waals surface area contributed by atoms with Gasteiger partial charge in [0.05, 0.1) is 15.8 Å². The Hall–Kier alpha value is -0.710. The van der Waals surface area contributed by atoms with Crippen molar-refractivity contribution in [1.82, 2.24) is 10.2 Å². The highest BCUT2D eigenvalue weighted by Crippen LogP contribution is 2.25. The largest absolute Gasteiger partial charge is 0.425 e. The summed E-state index contributed by atoms with van der Waals surface area (Å²) in [5.74, 6) is 2.77. The van der Waals surface area contributed by atoms with E-state index in [2.05, 4.69) is 10.2 Å². The van der Waals surface area contributed by atoms with Crippen molar-refractivity contribution in [3.8, 4) is 0 Å². The van der Waals surface area contributed by atoms with Crippen LogP contribution in [0, 0.1) is 6.92 Å². The normalized spacial score (nSPS) is 10.8. The molecule has 0 spiro atoms. The first kappa shape index (κ1) is 12.7. The van der Waals surface area contributed by atoms with Crippen LogP contribution in [0.2, 0.25) is 10.0 Å². The molecular formula is C11H10Cl2N2OS. The predicted octanol–water partition coefficient (Wildman–Crippen LogP) is 4.12. The van der Waals surface area contributed by atoms with E-state index in [1.807, 2.05) is 12.1 Å². The van der Waals surface area contributed by atoms with Gasteiger partial charge in [-0.2, -0.15) is 0 Å². The van der Waals surface area contributed by atoms with Gasteiger partial charge in [0.1, 0.15) is 0 Å². The quantitative estimate of drug-likeness (QED) is 0.848. The smallest absolute Gasteiger partial charge is 0.226 e. The molecule has 0 N–H and O–H groups in total. The van der Waals surface area contributed by atoms with Gasteiger partial charge in [0, 0.05) is 12.7 Å². The summed E-state index contributed by atoms with van der Waals surface area (Å²) in [6.07, 6.45) is 0. The van der Waals surface area contributed by atoms with Crippen LogP contribution >= 0.6 is 35.0 Å². The minimum atomic E-state index is 0.577. The second-order valence-electron chi connectivity index (χ2n) is 3.46. The molecule has 0 amide bonds. The third kappa shape index (κ3) is 3.63. The van der Waals surface area contributed by atoms with Crippen LogP contribution in [0.5, 0.6) is 0 Å². The maximum absolute atomic E-state index is 5.93. The first-order chi connectivity index (χ1) is 8.15. The maximum Gasteiger partial charge on any atom is 0.226 e. The Morgan fingerprint density at radius 2 is 2.00 bits per heavy atom. The molecule has 0 atom stereocenters. The first-order valence-electron chi connectivity index (χ1n) is 4.96. The first-order valence-corrected chi connectivity index (χ1v) is 6.87. The molecule has 0 unspecified atom stereocenters. The molecule has 0 bridgehead atoms. The van der Waals surface area contributed by atoms with Crippen LogP contribution in [0.1, 0.15) is 17.3 Å². The lowest BCUT2D eigenvalue weighted by Crippen LogP contribution is -1.84. The van der Waals surface area contributed by atoms with E-state index in [-0.39, 0.29) is 0 Å². The number of rotatable bonds is 4. The van der Waals surface area contributed by atoms with Crippen LogP contribution in [0.25, 0.3) is 0 Å². The van der Waals surface area contributed by atoms with Crippen LogP contribution in [0.15, 0.2) is 22.6 Å². The lowest BCUT2D eigenvalue weighted by molar-refractivity contribution is 0.485. The zero-order chi connectivity index (χ0) is 12.3. The van der Waals surface area contributed by atoms with E-state index in [0.717, 1.165) is 11.3 Å². The third-order valence-corrected chi connectivity index (χ3v) is 3.77. The van der Waals surface area contributed by atoms with Crippen molar-refractivity contribution in [1.29, 1.82) is 0 Å². The van der Waals surface area contributed by atoms with E-state index in [1.165, 1.54) is 0 Å². The van der Waals surface area contributed by atoms with Gasteiger partial charge < -0.3 is 4.42 Å². The highest BCUT2D eigenvalue weighted by Gasteiger charge is 2.04. The molecule has 90 valence electrons. The van der Waals surface area contributed by atoms with E-state index in [9.17, 15) is 0 Å². The summed E-state index contributed by atoms with van der Waals surface area (Å²) >= 11 is 13.5. The second-order valence-corrected chi connectivity index (χ2v) is 5.26.